The Hall–Kier alpha value is -3.61. The number of aliphatic hydroxyl groups is 5. The molecule has 19 nitrogen and oxygen atoms in total. The minimum absolute atomic E-state index is 0.0444. The maximum absolute atomic E-state index is 14.7. The molecule has 1 aromatic carbocycles. The quantitative estimate of drug-likeness (QED) is 0.119. The lowest BCUT2D eigenvalue weighted by Gasteiger charge is -2.48. The Bertz CT molecular complexity index is 2160. The molecular weight excluding hydrogens is 974 g/mol. The lowest BCUT2D eigenvalue weighted by molar-refractivity contribution is -0.305. The summed E-state index contributed by atoms with van der Waals surface area (Å²) in [6.07, 6.45) is -9.15. The van der Waals surface area contributed by atoms with Crippen LogP contribution >= 0.6 is 0 Å². The summed E-state index contributed by atoms with van der Waals surface area (Å²) >= 11 is 0. The van der Waals surface area contributed by atoms with Crippen LogP contribution in [0, 0.1) is 17.8 Å². The van der Waals surface area contributed by atoms with E-state index in [0.717, 1.165) is 16.8 Å². The molecule has 8 N–H and O–H groups in total. The molecule has 20 heteroatoms. The molecular formula is C55H88FN5O14. The zero-order valence-corrected chi connectivity index (χ0v) is 46.4. The van der Waals surface area contributed by atoms with Gasteiger partial charge in [0, 0.05) is 63.3 Å². The van der Waals surface area contributed by atoms with Crippen molar-refractivity contribution in [2.45, 2.75) is 204 Å². The number of aliphatic hydroxyl groups excluding tert-OH is 3. The molecule has 0 saturated carbocycles. The highest BCUT2D eigenvalue weighted by atomic mass is 19.1. The van der Waals surface area contributed by atoms with Crippen LogP contribution in [0.15, 0.2) is 42.6 Å². The molecule has 75 heavy (non-hydrogen) atoms. The molecule has 0 aliphatic carbocycles. The SMILES string of the molecule is CC[C@H]1OC(=O)[C@H](C)[C@@H](O[C@H]2C[C@@](C)(OC)[C@@H](O)[C@H](C)O2)[C@H](C)[C@@H](O[C@@H]2O[C@H](C)C[C@H](N(C)CCC(=O)N[C@H](CF)[C@H](O)c3ccc(-c4ccc(CN)nc4)cc3)C2=O)[C@](C)(O)C[C@@H](C)CN(C)[C@H](C)[C@@H](O)[C@]1(C)O. The van der Waals surface area contributed by atoms with Gasteiger partial charge in [-0.3, -0.25) is 24.3 Å². The maximum Gasteiger partial charge on any atom is 0.311 e. The van der Waals surface area contributed by atoms with E-state index in [-0.39, 0.29) is 44.6 Å². The third kappa shape index (κ3) is 15.0. The van der Waals surface area contributed by atoms with E-state index in [1.54, 1.807) is 105 Å². The van der Waals surface area contributed by atoms with E-state index in [4.69, 9.17) is 34.2 Å². The lowest BCUT2D eigenvalue weighted by atomic mass is 9.77. The second-order valence-corrected chi connectivity index (χ2v) is 22.4. The van der Waals surface area contributed by atoms with Gasteiger partial charge in [-0.25, -0.2) is 4.39 Å². The van der Waals surface area contributed by atoms with Gasteiger partial charge in [0.15, 0.2) is 6.29 Å². The summed E-state index contributed by atoms with van der Waals surface area (Å²) in [5.41, 5.74) is 3.74. The summed E-state index contributed by atoms with van der Waals surface area (Å²) in [7, 11) is 4.94. The Morgan fingerprint density at radius 1 is 0.987 bits per heavy atom. The van der Waals surface area contributed by atoms with Crippen LogP contribution in [0.4, 0.5) is 4.39 Å². The molecule has 2 aromatic rings. The first kappa shape index (κ1) is 62.2. The predicted octanol–water partition coefficient (Wildman–Crippen LogP) is 3.58. The third-order valence-corrected chi connectivity index (χ3v) is 16.1. The van der Waals surface area contributed by atoms with Gasteiger partial charge in [0.25, 0.3) is 0 Å². The number of aromatic nitrogens is 1. The molecule has 19 atom stereocenters. The molecule has 3 aliphatic heterocycles. The average Bonchev–Trinajstić information content (AvgIpc) is 3.37. The number of rotatable bonds is 16. The molecule has 1 aromatic heterocycles. The zero-order valence-electron chi connectivity index (χ0n) is 46.4. The molecule has 4 heterocycles. The fourth-order valence-corrected chi connectivity index (χ4v) is 11.2. The van der Waals surface area contributed by atoms with Crippen LogP contribution in [-0.2, 0) is 49.3 Å². The highest BCUT2D eigenvalue weighted by Crippen LogP contribution is 2.40. The Morgan fingerprint density at radius 2 is 1.64 bits per heavy atom. The summed E-state index contributed by atoms with van der Waals surface area (Å²) in [6.45, 7) is 16.6. The number of benzene rings is 1. The van der Waals surface area contributed by atoms with Gasteiger partial charge < -0.3 is 69.9 Å². The van der Waals surface area contributed by atoms with Crippen LogP contribution in [0.2, 0.25) is 0 Å². The van der Waals surface area contributed by atoms with Crippen molar-refractivity contribution in [3.05, 3.63) is 53.9 Å². The standard InChI is InChI=1S/C55H88FN5O14/c1-14-42-55(10,69)48(65)34(6)61(12)29-30(2)24-53(8,68)50(32(4)47(33(5)51(67)73-42)74-44-25-54(9,70-13)49(66)35(7)72-44)75-52-46(64)41(23-31(3)71-52)60(11)22-21-43(62)59-40(26-56)45(63)37-17-15-36(16-18-37)38-19-20-39(27-57)58-28-38/h15-20,28,30-35,40-42,44-45,47-50,52,63,65-66,68-69H,14,21-27,29,57H2,1-13H3,(H,59,62)/t30-,31-,32+,33-,34-,35+,40-,41+,42-,44+,45-,47+,48-,49+,50-,52+,53-,54-,55-/m1/s1. The van der Waals surface area contributed by atoms with Crippen LogP contribution in [0.5, 0.6) is 0 Å². The normalized spacial score (nSPS) is 37.8. The number of halogens is 1. The van der Waals surface area contributed by atoms with E-state index in [1.807, 2.05) is 24.0 Å². The van der Waals surface area contributed by atoms with Crippen LogP contribution < -0.4 is 11.1 Å². The average molecular weight is 1060 g/mol. The molecule has 424 valence electrons. The van der Waals surface area contributed by atoms with Gasteiger partial charge in [-0.2, -0.15) is 0 Å². The van der Waals surface area contributed by atoms with Gasteiger partial charge >= 0.3 is 5.97 Å². The number of nitrogens with two attached hydrogens (primary N) is 1. The number of methoxy groups -OCH3 is 1. The Morgan fingerprint density at radius 3 is 2.23 bits per heavy atom. The highest BCUT2D eigenvalue weighted by Gasteiger charge is 2.53. The number of carbonyl (C=O) groups excluding carboxylic acids is 3. The number of cyclic esters (lactones) is 1. The number of hydrogen-bond donors (Lipinski definition) is 7. The van der Waals surface area contributed by atoms with Crippen molar-refractivity contribution >= 4 is 17.7 Å². The smallest absolute Gasteiger partial charge is 0.311 e. The van der Waals surface area contributed by atoms with Crippen molar-refractivity contribution in [2.24, 2.45) is 23.5 Å². The molecule has 0 spiro atoms. The van der Waals surface area contributed by atoms with Gasteiger partial charge in [0.2, 0.25) is 18.0 Å². The summed E-state index contributed by atoms with van der Waals surface area (Å²) in [5.74, 6) is -4.14. The first-order chi connectivity index (χ1) is 35.1. The summed E-state index contributed by atoms with van der Waals surface area (Å²) < 4.78 is 52.3. The number of ketones is 1. The minimum Gasteiger partial charge on any atom is -0.459 e. The third-order valence-electron chi connectivity index (χ3n) is 16.1. The van der Waals surface area contributed by atoms with Gasteiger partial charge in [0.1, 0.15) is 36.7 Å². The fraction of sp³-hybridized carbons (Fsp3) is 0.745. The van der Waals surface area contributed by atoms with Gasteiger partial charge in [0.05, 0.1) is 59.3 Å². The van der Waals surface area contributed by atoms with E-state index in [1.165, 1.54) is 14.0 Å². The van der Waals surface area contributed by atoms with Crippen LogP contribution in [-0.4, -0.2) is 189 Å². The topological polar surface area (TPSA) is 265 Å². The second-order valence-electron chi connectivity index (χ2n) is 22.4. The zero-order chi connectivity index (χ0) is 55.9. The van der Waals surface area contributed by atoms with E-state index in [9.17, 15) is 44.3 Å². The Balaban J connectivity index is 1.39. The molecule has 5 rings (SSSR count). The molecule has 3 saturated heterocycles. The van der Waals surface area contributed by atoms with Gasteiger partial charge in [-0.15, -0.1) is 0 Å². The van der Waals surface area contributed by atoms with Crippen LogP contribution in [0.1, 0.15) is 119 Å². The molecule has 3 fully saturated rings. The Labute approximate surface area is 442 Å². The number of nitrogens with one attached hydrogen (secondary N) is 1. The number of pyridine rings is 1. The number of hydrogen-bond acceptors (Lipinski definition) is 18. The lowest BCUT2D eigenvalue weighted by Crippen LogP contribution is -2.60. The number of Topliss-reactive ketones (excluding diaryl/α,β-unsaturated/α-hetero) is 1. The van der Waals surface area contributed by atoms with Gasteiger partial charge in [-0.05, 0) is 105 Å². The fourth-order valence-electron chi connectivity index (χ4n) is 11.2. The number of nitrogens with zero attached hydrogens (tertiary/aromatic N) is 3. The number of alkyl halides is 1. The van der Waals surface area contributed by atoms with Crippen molar-refractivity contribution in [3.63, 3.8) is 0 Å². The highest BCUT2D eigenvalue weighted by molar-refractivity contribution is 5.88. The van der Waals surface area contributed by atoms with E-state index >= 15 is 0 Å². The number of amides is 1. The van der Waals surface area contributed by atoms with E-state index < -0.39 is 133 Å². The number of ether oxygens (including phenoxy) is 6. The molecule has 0 bridgehead atoms. The van der Waals surface area contributed by atoms with Crippen molar-refractivity contribution in [1.82, 2.24) is 20.1 Å². The summed E-state index contributed by atoms with van der Waals surface area (Å²) in [5, 5.41) is 61.2. The summed E-state index contributed by atoms with van der Waals surface area (Å²) in [6, 6.07) is 7.90. The van der Waals surface area contributed by atoms with Crippen LogP contribution in [0.25, 0.3) is 11.1 Å². The first-order valence-corrected chi connectivity index (χ1v) is 26.5. The van der Waals surface area contributed by atoms with E-state index in [2.05, 4.69) is 10.3 Å². The minimum atomic E-state index is -1.88. The second kappa shape index (κ2) is 26.4. The van der Waals surface area contributed by atoms with Crippen molar-refractivity contribution in [1.29, 1.82) is 0 Å². The number of carbonyl (C=O) groups is 3. The maximum atomic E-state index is 14.7. The van der Waals surface area contributed by atoms with Gasteiger partial charge in [-0.1, -0.05) is 51.1 Å². The predicted molar refractivity (Wildman–Crippen MR) is 277 cm³/mol. The monoisotopic (exact) mass is 1060 g/mol. The molecule has 3 aliphatic rings. The van der Waals surface area contributed by atoms with Crippen molar-refractivity contribution in [2.75, 3.05) is 41.0 Å². The molecule has 0 radical (unpaired) electrons. The van der Waals surface area contributed by atoms with Crippen LogP contribution in [0.3, 0.4) is 0 Å². The molecule has 1 amide bonds. The summed E-state index contributed by atoms with van der Waals surface area (Å²) in [4.78, 5) is 50.4. The van der Waals surface area contributed by atoms with E-state index in [0.29, 0.717) is 18.7 Å². The van der Waals surface area contributed by atoms with Crippen molar-refractivity contribution in [3.8, 4) is 11.1 Å². The molecule has 0 unspecified atom stereocenters. The van der Waals surface area contributed by atoms with Crippen molar-refractivity contribution < 1.29 is 72.7 Å². The Kier molecular flexibility index (Phi) is 21.9. The number of likely N-dealkylation sites (N-methyl/N-ethyl adjacent to an activating group) is 2. The number of esters is 1. The first-order valence-electron chi connectivity index (χ1n) is 26.5. The largest absolute Gasteiger partial charge is 0.459 e.